The third kappa shape index (κ3) is 1.95. The van der Waals surface area contributed by atoms with Crippen LogP contribution in [-0.4, -0.2) is 6.54 Å². The number of allylic oxidation sites excluding steroid dienone is 2. The molecule has 0 aromatic heterocycles. The molecule has 0 spiro atoms. The summed E-state index contributed by atoms with van der Waals surface area (Å²) >= 11 is 0. The summed E-state index contributed by atoms with van der Waals surface area (Å²) in [4.78, 5) is 0. The largest absolute Gasteiger partial charge is 0.330 e. The van der Waals surface area contributed by atoms with Crippen LogP contribution in [0.3, 0.4) is 0 Å². The van der Waals surface area contributed by atoms with Crippen LogP contribution in [0.15, 0.2) is 12.2 Å². The summed E-state index contributed by atoms with van der Waals surface area (Å²) in [6.07, 6.45) is 15.1. The topological polar surface area (TPSA) is 26.0 Å². The van der Waals surface area contributed by atoms with Crippen LogP contribution in [0.25, 0.3) is 0 Å². The molecule has 0 radical (unpaired) electrons. The minimum Gasteiger partial charge on any atom is -0.330 e. The first-order chi connectivity index (χ1) is 7.86. The highest BCUT2D eigenvalue weighted by Gasteiger charge is 2.46. The van der Waals surface area contributed by atoms with Crippen molar-refractivity contribution in [2.45, 2.75) is 44.9 Å². The highest BCUT2D eigenvalue weighted by atomic mass is 14.5. The minimum absolute atomic E-state index is 0.839. The number of hydrogen-bond acceptors (Lipinski definition) is 1. The van der Waals surface area contributed by atoms with Crippen molar-refractivity contribution in [1.29, 1.82) is 0 Å². The molecular weight excluding hydrogens is 194 g/mol. The molecule has 0 heterocycles. The van der Waals surface area contributed by atoms with Crippen LogP contribution >= 0.6 is 0 Å². The number of nitrogens with two attached hydrogens (primary N) is 1. The Bertz CT molecular complexity index is 241. The zero-order valence-corrected chi connectivity index (χ0v) is 10.3. The van der Waals surface area contributed by atoms with Gasteiger partial charge in [-0.05, 0) is 81.1 Å². The maximum Gasteiger partial charge on any atom is -0.00743 e. The van der Waals surface area contributed by atoms with Gasteiger partial charge in [0.2, 0.25) is 0 Å². The predicted octanol–water partition coefficient (Wildman–Crippen LogP) is 3.35. The molecule has 4 saturated carbocycles. The average Bonchev–Trinajstić information content (AvgIpc) is 2.26. The minimum atomic E-state index is 0.839. The fraction of sp³-hybridized carbons (Fsp3) is 0.867. The molecule has 0 aromatic rings. The van der Waals surface area contributed by atoms with E-state index in [1.54, 1.807) is 32.1 Å². The fourth-order valence-corrected chi connectivity index (χ4v) is 4.77. The van der Waals surface area contributed by atoms with Gasteiger partial charge in [-0.25, -0.2) is 0 Å². The second-order valence-electron chi connectivity index (χ2n) is 6.37. The molecule has 4 fully saturated rings. The monoisotopic (exact) mass is 219 g/mol. The van der Waals surface area contributed by atoms with E-state index in [0.717, 1.165) is 42.6 Å². The highest BCUT2D eigenvalue weighted by molar-refractivity contribution is 5.05. The Hall–Kier alpha value is -0.300. The van der Waals surface area contributed by atoms with Gasteiger partial charge in [0.15, 0.2) is 0 Å². The van der Waals surface area contributed by atoms with Crippen molar-refractivity contribution in [1.82, 2.24) is 0 Å². The zero-order chi connectivity index (χ0) is 11.0. The molecule has 1 nitrogen and oxygen atoms in total. The van der Waals surface area contributed by atoms with E-state index < -0.39 is 0 Å². The Morgan fingerprint density at radius 1 is 0.938 bits per heavy atom. The van der Waals surface area contributed by atoms with Crippen molar-refractivity contribution in [3.8, 4) is 0 Å². The van der Waals surface area contributed by atoms with Crippen LogP contribution < -0.4 is 5.73 Å². The first-order valence-electron chi connectivity index (χ1n) is 7.23. The standard InChI is InChI=1S/C15H25N/c16-5-3-1-2-4-15-13-7-11-6-12(9-13)10-14(15)8-11/h2,4,11-15H,1,3,5-10,16H2/b4-2+. The summed E-state index contributed by atoms with van der Waals surface area (Å²) < 4.78 is 0. The Kier molecular flexibility index (Phi) is 3.06. The van der Waals surface area contributed by atoms with Crippen LogP contribution in [0.2, 0.25) is 0 Å². The van der Waals surface area contributed by atoms with E-state index in [1.165, 1.54) is 6.42 Å². The van der Waals surface area contributed by atoms with E-state index in [1.807, 2.05) is 0 Å². The van der Waals surface area contributed by atoms with Gasteiger partial charge in [0.25, 0.3) is 0 Å². The van der Waals surface area contributed by atoms with Crippen molar-refractivity contribution in [2.24, 2.45) is 35.3 Å². The van der Waals surface area contributed by atoms with Crippen molar-refractivity contribution >= 4 is 0 Å². The number of rotatable bonds is 4. The smallest absolute Gasteiger partial charge is 0.00743 e. The van der Waals surface area contributed by atoms with Crippen LogP contribution in [0.4, 0.5) is 0 Å². The Morgan fingerprint density at radius 3 is 2.12 bits per heavy atom. The number of unbranched alkanes of at least 4 members (excludes halogenated alkanes) is 1. The summed E-state index contributed by atoms with van der Waals surface area (Å²) in [6.45, 7) is 0.839. The van der Waals surface area contributed by atoms with E-state index in [-0.39, 0.29) is 0 Å². The molecule has 90 valence electrons. The van der Waals surface area contributed by atoms with Gasteiger partial charge in [-0.2, -0.15) is 0 Å². The summed E-state index contributed by atoms with van der Waals surface area (Å²) in [5.41, 5.74) is 5.53. The quantitative estimate of drug-likeness (QED) is 0.569. The molecule has 0 aliphatic heterocycles. The molecule has 4 aliphatic rings. The Labute approximate surface area is 99.5 Å². The van der Waals surface area contributed by atoms with Gasteiger partial charge < -0.3 is 5.73 Å². The van der Waals surface area contributed by atoms with Gasteiger partial charge in [0, 0.05) is 0 Å². The van der Waals surface area contributed by atoms with E-state index in [2.05, 4.69) is 12.2 Å². The summed E-state index contributed by atoms with van der Waals surface area (Å²) in [5, 5.41) is 0. The lowest BCUT2D eigenvalue weighted by Crippen LogP contribution is -2.44. The summed E-state index contributed by atoms with van der Waals surface area (Å²) in [6, 6.07) is 0. The van der Waals surface area contributed by atoms with E-state index in [0.29, 0.717) is 0 Å². The molecule has 0 aromatic carbocycles. The molecular formula is C15H25N. The van der Waals surface area contributed by atoms with Crippen LogP contribution in [-0.2, 0) is 0 Å². The molecule has 4 bridgehead atoms. The van der Waals surface area contributed by atoms with E-state index >= 15 is 0 Å². The maximum atomic E-state index is 5.53. The SMILES string of the molecule is NCCC/C=C/C1C2CC3CC(C2)CC1C3. The summed E-state index contributed by atoms with van der Waals surface area (Å²) in [7, 11) is 0. The van der Waals surface area contributed by atoms with Crippen molar-refractivity contribution in [3.63, 3.8) is 0 Å². The van der Waals surface area contributed by atoms with Gasteiger partial charge in [-0.15, -0.1) is 0 Å². The normalized spacial score (nSPS) is 45.7. The second-order valence-corrected chi connectivity index (χ2v) is 6.37. The second kappa shape index (κ2) is 4.52. The van der Waals surface area contributed by atoms with E-state index in [9.17, 15) is 0 Å². The highest BCUT2D eigenvalue weighted by Crippen LogP contribution is 2.56. The van der Waals surface area contributed by atoms with Crippen molar-refractivity contribution < 1.29 is 0 Å². The average molecular weight is 219 g/mol. The van der Waals surface area contributed by atoms with Gasteiger partial charge in [-0.3, -0.25) is 0 Å². The van der Waals surface area contributed by atoms with Crippen molar-refractivity contribution in [3.05, 3.63) is 12.2 Å². The van der Waals surface area contributed by atoms with Crippen LogP contribution in [0, 0.1) is 29.6 Å². The third-order valence-electron chi connectivity index (χ3n) is 5.23. The van der Waals surface area contributed by atoms with Gasteiger partial charge in [0.1, 0.15) is 0 Å². The lowest BCUT2D eigenvalue weighted by molar-refractivity contribution is -0.0162. The first-order valence-corrected chi connectivity index (χ1v) is 7.23. The van der Waals surface area contributed by atoms with Gasteiger partial charge in [0.05, 0.1) is 0 Å². The molecule has 0 saturated heterocycles. The fourth-order valence-electron chi connectivity index (χ4n) is 4.77. The molecule has 2 N–H and O–H groups in total. The molecule has 4 rings (SSSR count). The third-order valence-corrected chi connectivity index (χ3v) is 5.23. The molecule has 16 heavy (non-hydrogen) atoms. The van der Waals surface area contributed by atoms with E-state index in [4.69, 9.17) is 5.73 Å². The molecule has 0 unspecified atom stereocenters. The van der Waals surface area contributed by atoms with Crippen LogP contribution in [0.5, 0.6) is 0 Å². The summed E-state index contributed by atoms with van der Waals surface area (Å²) in [5.74, 6) is 5.24. The predicted molar refractivity (Wildman–Crippen MR) is 68.0 cm³/mol. The maximum absolute atomic E-state index is 5.53. The zero-order valence-electron chi connectivity index (χ0n) is 10.3. The van der Waals surface area contributed by atoms with Gasteiger partial charge in [-0.1, -0.05) is 12.2 Å². The Balaban J connectivity index is 1.61. The Morgan fingerprint density at radius 2 is 1.56 bits per heavy atom. The molecule has 0 amide bonds. The molecule has 0 atom stereocenters. The molecule has 4 aliphatic carbocycles. The molecule has 1 heteroatoms. The lowest BCUT2D eigenvalue weighted by Gasteiger charge is -2.53. The first kappa shape index (κ1) is 10.8. The van der Waals surface area contributed by atoms with Crippen LogP contribution in [0.1, 0.15) is 44.9 Å². The lowest BCUT2D eigenvalue weighted by atomic mass is 9.52. The number of hydrogen-bond donors (Lipinski definition) is 1. The van der Waals surface area contributed by atoms with Crippen molar-refractivity contribution in [2.75, 3.05) is 6.54 Å². The van der Waals surface area contributed by atoms with Gasteiger partial charge >= 0.3 is 0 Å².